The minimum absolute atomic E-state index is 0.148. The number of H-pyrrole nitrogens is 2. The van der Waals surface area contributed by atoms with Crippen LogP contribution in [0.5, 0.6) is 0 Å². The minimum atomic E-state index is -0.498. The van der Waals surface area contributed by atoms with Gasteiger partial charge in [0, 0.05) is 32.4 Å². The molecule has 2 aliphatic heterocycles. The Morgan fingerprint density at radius 1 is 1.14 bits per heavy atom. The van der Waals surface area contributed by atoms with E-state index in [-0.39, 0.29) is 17.5 Å². The van der Waals surface area contributed by atoms with Gasteiger partial charge in [-0.15, -0.1) is 0 Å². The number of aromatic nitrogens is 2. The van der Waals surface area contributed by atoms with E-state index in [4.69, 9.17) is 0 Å². The molecule has 0 radical (unpaired) electrons. The molecule has 7 heteroatoms. The van der Waals surface area contributed by atoms with Crippen molar-refractivity contribution in [2.75, 3.05) is 19.6 Å². The van der Waals surface area contributed by atoms with Crippen LogP contribution in [0.2, 0.25) is 0 Å². The van der Waals surface area contributed by atoms with Gasteiger partial charge in [-0.1, -0.05) is 38.1 Å². The van der Waals surface area contributed by atoms with Crippen LogP contribution >= 0.6 is 0 Å². The van der Waals surface area contributed by atoms with E-state index >= 15 is 0 Å². The molecular weight excluding hydrogens is 368 g/mol. The fourth-order valence-corrected chi connectivity index (χ4v) is 4.57. The molecule has 2 aliphatic rings. The van der Waals surface area contributed by atoms with Crippen LogP contribution in [0.15, 0.2) is 35.3 Å². The molecule has 1 spiro atoms. The van der Waals surface area contributed by atoms with Gasteiger partial charge in [0.15, 0.2) is 0 Å². The number of rotatable bonds is 4. The van der Waals surface area contributed by atoms with E-state index in [1.165, 1.54) is 11.8 Å². The van der Waals surface area contributed by atoms with E-state index in [1.807, 2.05) is 4.90 Å². The highest BCUT2D eigenvalue weighted by Gasteiger charge is 2.49. The average Bonchev–Trinajstić information content (AvgIpc) is 3.33. The van der Waals surface area contributed by atoms with Crippen molar-refractivity contribution in [2.45, 2.75) is 45.6 Å². The third-order valence-electron chi connectivity index (χ3n) is 6.31. The van der Waals surface area contributed by atoms with Crippen LogP contribution in [0.1, 0.15) is 60.6 Å². The van der Waals surface area contributed by atoms with Gasteiger partial charge in [-0.25, -0.2) is 4.79 Å². The zero-order chi connectivity index (χ0) is 20.6. The van der Waals surface area contributed by atoms with Crippen LogP contribution in [0, 0.1) is 5.41 Å². The summed E-state index contributed by atoms with van der Waals surface area (Å²) in [5.41, 5.74) is 1.78. The molecule has 4 rings (SSSR count). The monoisotopic (exact) mass is 396 g/mol. The molecule has 29 heavy (non-hydrogen) atoms. The molecule has 0 aliphatic carbocycles. The second kappa shape index (κ2) is 7.54. The van der Waals surface area contributed by atoms with Crippen LogP contribution in [0.25, 0.3) is 0 Å². The van der Waals surface area contributed by atoms with Gasteiger partial charge >= 0.3 is 5.69 Å². The molecule has 154 valence electrons. The molecule has 3 heterocycles. The highest BCUT2D eigenvalue weighted by atomic mass is 16.2. The predicted octanol–water partition coefficient (Wildman–Crippen LogP) is 2.48. The fraction of sp³-hybridized carbons (Fsp3) is 0.500. The predicted molar refractivity (Wildman–Crippen MR) is 110 cm³/mol. The number of amides is 2. The van der Waals surface area contributed by atoms with Crippen LogP contribution in [-0.4, -0.2) is 51.2 Å². The first kappa shape index (κ1) is 19.5. The number of benzene rings is 1. The van der Waals surface area contributed by atoms with Crippen LogP contribution in [0.3, 0.4) is 0 Å². The van der Waals surface area contributed by atoms with Crippen molar-refractivity contribution in [3.8, 4) is 0 Å². The van der Waals surface area contributed by atoms with E-state index in [0.717, 1.165) is 24.9 Å². The molecule has 2 saturated heterocycles. The second-order valence-corrected chi connectivity index (χ2v) is 8.64. The molecule has 1 aromatic heterocycles. The highest BCUT2D eigenvalue weighted by molar-refractivity contribution is 5.93. The number of carbonyl (C=O) groups excluding carboxylic acids is 2. The molecular formula is C22H28N4O3. The van der Waals surface area contributed by atoms with Gasteiger partial charge in [-0.05, 0) is 36.3 Å². The maximum atomic E-state index is 13.4. The quantitative estimate of drug-likeness (QED) is 0.832. The molecule has 7 nitrogen and oxygen atoms in total. The lowest BCUT2D eigenvalue weighted by atomic mass is 9.78. The number of piperidine rings is 1. The smallest absolute Gasteiger partial charge is 0.323 e. The molecule has 2 N–H and O–H groups in total. The van der Waals surface area contributed by atoms with E-state index < -0.39 is 11.1 Å². The minimum Gasteiger partial charge on any atom is -0.338 e. The van der Waals surface area contributed by atoms with E-state index in [1.54, 1.807) is 4.90 Å². The standard InChI is InChI=1S/C22H28N4O3/c1-15(2)17-6-4-16(5-7-17)13-25-10-3-8-22(20(25)28)9-11-26(14-22)19(27)18-12-23-21(29)24-18/h4-7,12,15H,3,8-11,13-14H2,1-2H3,(H2,23,24,29). The summed E-state index contributed by atoms with van der Waals surface area (Å²) in [4.78, 5) is 45.9. The first-order valence-electron chi connectivity index (χ1n) is 10.3. The third-order valence-corrected chi connectivity index (χ3v) is 6.31. The summed E-state index contributed by atoms with van der Waals surface area (Å²) >= 11 is 0. The fourth-order valence-electron chi connectivity index (χ4n) is 4.57. The van der Waals surface area contributed by atoms with Crippen LogP contribution < -0.4 is 5.69 Å². The molecule has 0 bridgehead atoms. The molecule has 1 unspecified atom stereocenters. The summed E-state index contributed by atoms with van der Waals surface area (Å²) < 4.78 is 0. The highest BCUT2D eigenvalue weighted by Crippen LogP contribution is 2.40. The Hall–Kier alpha value is -2.83. The van der Waals surface area contributed by atoms with Crippen LogP contribution in [0.4, 0.5) is 0 Å². The normalized spacial score (nSPS) is 22.1. The number of imidazole rings is 1. The summed E-state index contributed by atoms with van der Waals surface area (Å²) in [6, 6.07) is 8.49. The van der Waals surface area contributed by atoms with E-state index in [2.05, 4.69) is 48.1 Å². The van der Waals surface area contributed by atoms with Crippen molar-refractivity contribution >= 4 is 11.8 Å². The molecule has 1 atom stereocenters. The van der Waals surface area contributed by atoms with Crippen molar-refractivity contribution in [1.29, 1.82) is 0 Å². The van der Waals surface area contributed by atoms with Gasteiger partial charge in [0.2, 0.25) is 5.91 Å². The van der Waals surface area contributed by atoms with E-state index in [0.29, 0.717) is 32.0 Å². The Balaban J connectivity index is 1.45. The number of hydrogen-bond donors (Lipinski definition) is 2. The molecule has 2 amide bonds. The van der Waals surface area contributed by atoms with Gasteiger partial charge in [0.05, 0.1) is 5.41 Å². The lowest BCUT2D eigenvalue weighted by Crippen LogP contribution is -2.50. The number of aromatic amines is 2. The first-order valence-corrected chi connectivity index (χ1v) is 10.3. The van der Waals surface area contributed by atoms with Crippen molar-refractivity contribution in [2.24, 2.45) is 5.41 Å². The summed E-state index contributed by atoms with van der Waals surface area (Å²) in [5.74, 6) is 0.407. The molecule has 2 fully saturated rings. The number of carbonyl (C=O) groups is 2. The molecule has 0 saturated carbocycles. The lowest BCUT2D eigenvalue weighted by molar-refractivity contribution is -0.146. The number of nitrogens with zero attached hydrogens (tertiary/aromatic N) is 2. The average molecular weight is 396 g/mol. The second-order valence-electron chi connectivity index (χ2n) is 8.64. The van der Waals surface area contributed by atoms with Crippen molar-refractivity contribution in [3.63, 3.8) is 0 Å². The van der Waals surface area contributed by atoms with Crippen molar-refractivity contribution in [3.05, 3.63) is 57.8 Å². The third kappa shape index (κ3) is 3.73. The SMILES string of the molecule is CC(C)c1ccc(CN2CCCC3(CCN(C(=O)c4c[nH]c(=O)[nH]4)C3)C2=O)cc1. The Morgan fingerprint density at radius 2 is 1.90 bits per heavy atom. The Kier molecular flexibility index (Phi) is 5.06. The maximum Gasteiger partial charge on any atom is 0.323 e. The van der Waals surface area contributed by atoms with Crippen molar-refractivity contribution in [1.82, 2.24) is 19.8 Å². The lowest BCUT2D eigenvalue weighted by Gasteiger charge is -2.39. The number of hydrogen-bond acceptors (Lipinski definition) is 3. The van der Waals surface area contributed by atoms with Crippen LogP contribution in [-0.2, 0) is 11.3 Å². The van der Waals surface area contributed by atoms with Gasteiger partial charge in [-0.2, -0.15) is 0 Å². The number of nitrogens with one attached hydrogen (secondary N) is 2. The topological polar surface area (TPSA) is 89.3 Å². The summed E-state index contributed by atoms with van der Waals surface area (Å²) in [6.45, 7) is 6.66. The Labute approximate surface area is 170 Å². The largest absolute Gasteiger partial charge is 0.338 e. The summed E-state index contributed by atoms with van der Waals surface area (Å²) in [6.07, 6.45) is 3.82. The van der Waals surface area contributed by atoms with Gasteiger partial charge in [0.1, 0.15) is 5.69 Å². The van der Waals surface area contributed by atoms with Gasteiger partial charge in [-0.3, -0.25) is 9.59 Å². The summed E-state index contributed by atoms with van der Waals surface area (Å²) in [7, 11) is 0. The Morgan fingerprint density at radius 3 is 2.55 bits per heavy atom. The summed E-state index contributed by atoms with van der Waals surface area (Å²) in [5, 5.41) is 0. The first-order chi connectivity index (χ1) is 13.9. The maximum absolute atomic E-state index is 13.4. The molecule has 2 aromatic rings. The van der Waals surface area contributed by atoms with Gasteiger partial charge < -0.3 is 19.8 Å². The molecule has 1 aromatic carbocycles. The van der Waals surface area contributed by atoms with Crippen molar-refractivity contribution < 1.29 is 9.59 Å². The number of likely N-dealkylation sites (tertiary alicyclic amines) is 2. The van der Waals surface area contributed by atoms with Gasteiger partial charge in [0.25, 0.3) is 5.91 Å². The zero-order valence-corrected chi connectivity index (χ0v) is 17.0. The zero-order valence-electron chi connectivity index (χ0n) is 17.0. The van der Waals surface area contributed by atoms with E-state index in [9.17, 15) is 14.4 Å². The Bertz CT molecular complexity index is 959.